The number of unbranched alkanes of at least 4 members (excludes halogenated alkanes) is 3. The van der Waals surface area contributed by atoms with Crippen LogP contribution in [0.3, 0.4) is 0 Å². The van der Waals surface area contributed by atoms with Crippen LogP contribution in [-0.4, -0.2) is 36.4 Å². The molecule has 2 N–H and O–H groups in total. The van der Waals surface area contributed by atoms with Gasteiger partial charge >= 0.3 is 13.7 Å². The van der Waals surface area contributed by atoms with Crippen LogP contribution in [0, 0.1) is 38.5 Å². The fourth-order valence-corrected chi connectivity index (χ4v) is 7.01. The standard InChI is InChI=1S/C37H66NO6P.10Y/c1-27(2)17-14-18-28(3)19-15-20-29(4)21-16-23-37(8)24-22-33-32(7)34(30(5)31(6)35(33)44-37)43-36(39)38-25-12-10-11-13-26-42-45(9,40)41;;;;;;;;;;/h27-29H,10-26H2,1-9H3,(H,38,39)(H,40,41);;;;;;;;;;/t28-,29-,37-;;;;;;;;;;/m1........../s1. The third-order valence-electron chi connectivity index (χ3n) is 9.70. The zero-order valence-corrected chi connectivity index (χ0v) is 65.2. The SMILES string of the molecule is Cc1c(C)c2c(c(C)c1OC(=O)NCCCCCCOP(C)(=O)O)CC[C@@](C)(CCC[C@H](C)CCC[C@H](C)CCCC(C)C)O2.[Y].[Y].[Y].[Y].[Y].[Y].[Y].[Y].[Y].[Y]. The molecule has 18 heteroatoms. The average molecular weight is 1540 g/mol. The van der Waals surface area contributed by atoms with Crippen molar-refractivity contribution < 1.29 is 355 Å². The van der Waals surface area contributed by atoms with Crippen molar-refractivity contribution in [2.45, 2.75) is 157 Å². The van der Waals surface area contributed by atoms with Gasteiger partial charge in [0.15, 0.2) is 0 Å². The molecule has 0 bridgehead atoms. The zero-order chi connectivity index (χ0) is 33.6. The van der Waals surface area contributed by atoms with Crippen molar-refractivity contribution >= 4 is 13.7 Å². The predicted octanol–water partition coefficient (Wildman–Crippen LogP) is 10.6. The van der Waals surface area contributed by atoms with E-state index in [0.717, 1.165) is 84.3 Å². The Kier molecular flexibility index (Phi) is 72.4. The number of fused-ring (bicyclic) bond motifs is 1. The van der Waals surface area contributed by atoms with Gasteiger partial charge in [0.2, 0.25) is 0 Å². The Balaban J connectivity index is -0.000000302. The Morgan fingerprint density at radius 1 is 0.745 bits per heavy atom. The normalized spacial score (nSPS) is 15.5. The second-order valence-electron chi connectivity index (χ2n) is 14.8. The van der Waals surface area contributed by atoms with Gasteiger partial charge in [-0.25, -0.2) is 4.79 Å². The van der Waals surface area contributed by atoms with E-state index in [4.69, 9.17) is 18.9 Å². The summed E-state index contributed by atoms with van der Waals surface area (Å²) < 4.78 is 28.6. The summed E-state index contributed by atoms with van der Waals surface area (Å²) in [6.45, 7) is 19.9. The topological polar surface area (TPSA) is 94.1 Å². The molecule has 55 heavy (non-hydrogen) atoms. The van der Waals surface area contributed by atoms with Gasteiger partial charge in [0.1, 0.15) is 17.1 Å². The summed E-state index contributed by atoms with van der Waals surface area (Å²) in [4.78, 5) is 21.8. The summed E-state index contributed by atoms with van der Waals surface area (Å²) in [5.74, 6) is 4.05. The van der Waals surface area contributed by atoms with E-state index in [2.05, 4.69) is 46.9 Å². The maximum Gasteiger partial charge on any atom is 0.412 e. The van der Waals surface area contributed by atoms with E-state index in [-0.39, 0.29) is 339 Å². The van der Waals surface area contributed by atoms with Crippen LogP contribution in [0.4, 0.5) is 4.79 Å². The number of ether oxygens (including phenoxy) is 2. The number of amides is 1. The summed E-state index contributed by atoms with van der Waals surface area (Å²) in [5, 5.41) is 2.87. The molecule has 1 amide bonds. The molecule has 2 rings (SSSR count). The number of benzene rings is 1. The first kappa shape index (κ1) is 84.4. The van der Waals surface area contributed by atoms with Crippen molar-refractivity contribution in [1.29, 1.82) is 0 Å². The van der Waals surface area contributed by atoms with E-state index < -0.39 is 13.7 Å². The largest absolute Gasteiger partial charge is 0.487 e. The van der Waals surface area contributed by atoms with Gasteiger partial charge in [-0.1, -0.05) is 85.5 Å². The van der Waals surface area contributed by atoms with Crippen LogP contribution >= 0.6 is 7.60 Å². The third kappa shape index (κ3) is 38.0. The molecule has 1 aromatic carbocycles. The van der Waals surface area contributed by atoms with Crippen LogP contribution in [-0.2, 0) is 343 Å². The molecule has 1 unspecified atom stereocenters. The third-order valence-corrected chi connectivity index (χ3v) is 10.4. The Morgan fingerprint density at radius 3 is 1.75 bits per heavy atom. The van der Waals surface area contributed by atoms with Crippen molar-refractivity contribution in [3.63, 3.8) is 0 Å². The quantitative estimate of drug-likeness (QED) is 0.0941. The van der Waals surface area contributed by atoms with E-state index in [1.807, 2.05) is 13.8 Å². The van der Waals surface area contributed by atoms with Gasteiger partial charge in [0.25, 0.3) is 0 Å². The van der Waals surface area contributed by atoms with Gasteiger partial charge in [0.05, 0.1) is 6.61 Å². The number of nitrogens with one attached hydrogen (secondary N) is 1. The second-order valence-corrected chi connectivity index (χ2v) is 16.7. The van der Waals surface area contributed by atoms with Crippen LogP contribution in [0.5, 0.6) is 11.5 Å². The molecule has 0 aliphatic carbocycles. The van der Waals surface area contributed by atoms with Crippen molar-refractivity contribution in [2.24, 2.45) is 17.8 Å². The zero-order valence-electron chi connectivity index (χ0n) is 36.0. The molecule has 0 saturated heterocycles. The minimum Gasteiger partial charge on any atom is -0.487 e. The van der Waals surface area contributed by atoms with Gasteiger partial charge in [-0.2, -0.15) is 0 Å². The predicted molar refractivity (Wildman–Crippen MR) is 187 cm³/mol. The van der Waals surface area contributed by atoms with Gasteiger partial charge in [-0.3, -0.25) is 4.57 Å². The Morgan fingerprint density at radius 2 is 1.24 bits per heavy atom. The smallest absolute Gasteiger partial charge is 0.412 e. The fourth-order valence-electron chi connectivity index (χ4n) is 6.55. The molecule has 1 heterocycles. The van der Waals surface area contributed by atoms with Crippen LogP contribution in [0.25, 0.3) is 0 Å². The van der Waals surface area contributed by atoms with Gasteiger partial charge < -0.3 is 24.2 Å². The van der Waals surface area contributed by atoms with Crippen LogP contribution in [0.15, 0.2) is 0 Å². The molecule has 0 aromatic heterocycles. The Labute approximate surface area is 589 Å². The maximum absolute atomic E-state index is 12.6. The summed E-state index contributed by atoms with van der Waals surface area (Å²) in [7, 11) is -3.40. The summed E-state index contributed by atoms with van der Waals surface area (Å²) >= 11 is 0. The molecule has 290 valence electrons. The first-order chi connectivity index (χ1) is 21.1. The molecular formula is C37H66NO6PY10. The van der Waals surface area contributed by atoms with Crippen molar-refractivity contribution in [3.8, 4) is 11.5 Å². The van der Waals surface area contributed by atoms with E-state index in [0.29, 0.717) is 18.7 Å². The Bertz CT molecular complexity index is 1140. The molecule has 4 atom stereocenters. The fraction of sp³-hybridized carbons (Fsp3) is 0.811. The van der Waals surface area contributed by atoms with Crippen LogP contribution in [0.2, 0.25) is 0 Å². The molecule has 1 aromatic rings. The molecule has 0 fully saturated rings. The second kappa shape index (κ2) is 47.2. The van der Waals surface area contributed by atoms with E-state index in [1.54, 1.807) is 0 Å². The van der Waals surface area contributed by atoms with E-state index in [9.17, 15) is 9.36 Å². The van der Waals surface area contributed by atoms with E-state index in [1.165, 1.54) is 58.0 Å². The molecule has 1 aliphatic heterocycles. The van der Waals surface area contributed by atoms with Crippen LogP contribution in [0.1, 0.15) is 147 Å². The average Bonchev–Trinajstić information content (AvgIpc) is 2.94. The molecule has 0 saturated carbocycles. The number of hydrogen-bond acceptors (Lipinski definition) is 5. The van der Waals surface area contributed by atoms with Gasteiger partial charge in [-0.05, 0) is 101 Å². The van der Waals surface area contributed by atoms with E-state index >= 15 is 0 Å². The van der Waals surface area contributed by atoms with Gasteiger partial charge in [0, 0.05) is 346 Å². The molecule has 1 aliphatic rings. The number of carbonyl (C=O) groups excluding carboxylic acids is 1. The Hall–Kier alpha value is 9.48. The molecule has 10 radical (unpaired) electrons. The number of hydrogen-bond donors (Lipinski definition) is 2. The van der Waals surface area contributed by atoms with Crippen molar-refractivity contribution in [2.75, 3.05) is 19.8 Å². The minimum absolute atomic E-state index is 0. The molecular weight excluding hydrogens is 1470 g/mol. The van der Waals surface area contributed by atoms with Crippen molar-refractivity contribution in [1.82, 2.24) is 5.32 Å². The minimum atomic E-state index is -3.40. The molecule has 0 spiro atoms. The number of carbonyl (C=O) groups is 1. The van der Waals surface area contributed by atoms with Crippen molar-refractivity contribution in [3.05, 3.63) is 22.3 Å². The van der Waals surface area contributed by atoms with Gasteiger partial charge in [-0.15, -0.1) is 0 Å². The summed E-state index contributed by atoms with van der Waals surface area (Å²) in [5.41, 5.74) is 4.00. The maximum atomic E-state index is 12.6. The summed E-state index contributed by atoms with van der Waals surface area (Å²) in [6.07, 6.45) is 16.4. The summed E-state index contributed by atoms with van der Waals surface area (Å²) in [6, 6.07) is 0. The number of rotatable bonds is 21. The monoisotopic (exact) mass is 1540 g/mol. The first-order valence-electron chi connectivity index (χ1n) is 17.8. The molecule has 7 nitrogen and oxygen atoms in total. The first-order valence-corrected chi connectivity index (χ1v) is 19.9. The van der Waals surface area contributed by atoms with Crippen LogP contribution < -0.4 is 14.8 Å².